The Labute approximate surface area is 93.0 Å². The Morgan fingerprint density at radius 2 is 2.13 bits per heavy atom. The number of nitrogens with one attached hydrogen (secondary N) is 1. The summed E-state index contributed by atoms with van der Waals surface area (Å²) in [6.45, 7) is 2.53. The molecule has 1 N–H and O–H groups in total. The zero-order valence-electron chi connectivity index (χ0n) is 9.70. The number of hydrogen-bond acceptors (Lipinski definition) is 4. The molecule has 1 saturated heterocycles. The predicted octanol–water partition coefficient (Wildman–Crippen LogP) is -0.0376. The van der Waals surface area contributed by atoms with E-state index in [2.05, 4.69) is 5.32 Å². The summed E-state index contributed by atoms with van der Waals surface area (Å²) in [7, 11) is 0.943. The van der Waals surface area contributed by atoms with E-state index in [1.165, 1.54) is 0 Å². The van der Waals surface area contributed by atoms with Gasteiger partial charge < -0.3 is 10.2 Å². The first-order valence-corrected chi connectivity index (χ1v) is 7.37. The van der Waals surface area contributed by atoms with Gasteiger partial charge in [0.15, 0.2) is 9.84 Å². The lowest BCUT2D eigenvalue weighted by molar-refractivity contribution is 0.400. The van der Waals surface area contributed by atoms with Gasteiger partial charge in [0.2, 0.25) is 0 Å². The molecule has 90 valence electrons. The van der Waals surface area contributed by atoms with Crippen molar-refractivity contribution in [1.29, 1.82) is 0 Å². The smallest absolute Gasteiger partial charge is 0.151 e. The van der Waals surface area contributed by atoms with Crippen LogP contribution in [-0.4, -0.2) is 58.6 Å². The summed E-state index contributed by atoms with van der Waals surface area (Å²) in [5.74, 6) is 0.968. The van der Waals surface area contributed by atoms with Gasteiger partial charge in [-0.3, -0.25) is 0 Å². The number of sulfone groups is 1. The van der Waals surface area contributed by atoms with Crippen molar-refractivity contribution < 1.29 is 8.42 Å². The fraction of sp³-hybridized carbons (Fsp3) is 1.00. The predicted molar refractivity (Wildman–Crippen MR) is 62.8 cm³/mol. The Morgan fingerprint density at radius 3 is 2.67 bits per heavy atom. The average Bonchev–Trinajstić information content (AvgIpc) is 2.16. The molecule has 1 atom stereocenters. The lowest BCUT2D eigenvalue weighted by Gasteiger charge is -2.22. The van der Waals surface area contributed by atoms with E-state index in [4.69, 9.17) is 0 Å². The molecule has 0 aromatic carbocycles. The minimum absolute atomic E-state index is 0.288. The summed E-state index contributed by atoms with van der Waals surface area (Å²) in [6, 6.07) is 0. The average molecular weight is 234 g/mol. The van der Waals surface area contributed by atoms with Crippen molar-refractivity contribution in [3.05, 3.63) is 0 Å². The summed E-state index contributed by atoms with van der Waals surface area (Å²) in [4.78, 5) is 1.91. The summed E-state index contributed by atoms with van der Waals surface area (Å²) in [6.07, 6.45) is 2.15. The topological polar surface area (TPSA) is 49.4 Å². The third kappa shape index (κ3) is 5.49. The van der Waals surface area contributed by atoms with Gasteiger partial charge in [-0.15, -0.1) is 0 Å². The minimum Gasteiger partial charge on any atom is -0.316 e. The minimum atomic E-state index is -2.86. The van der Waals surface area contributed by atoms with E-state index < -0.39 is 9.84 Å². The Balaban J connectivity index is 2.34. The Bertz CT molecular complexity index is 269. The SMILES string of the molecule is CN(C)CCS(=O)(=O)C[C@H]1CCCNC1. The maximum Gasteiger partial charge on any atom is 0.151 e. The highest BCUT2D eigenvalue weighted by atomic mass is 32.2. The lowest BCUT2D eigenvalue weighted by atomic mass is 10.0. The van der Waals surface area contributed by atoms with Gasteiger partial charge in [-0.25, -0.2) is 8.42 Å². The Kier molecular flexibility index (Phi) is 5.02. The van der Waals surface area contributed by atoms with Gasteiger partial charge in [-0.2, -0.15) is 0 Å². The molecule has 0 radical (unpaired) electrons. The molecule has 1 rings (SSSR count). The van der Waals surface area contributed by atoms with Crippen molar-refractivity contribution in [2.75, 3.05) is 45.2 Å². The molecule has 0 aromatic rings. The second-order valence-corrected chi connectivity index (χ2v) is 6.86. The summed E-state index contributed by atoms with van der Waals surface area (Å²) < 4.78 is 23.5. The van der Waals surface area contributed by atoms with Crippen molar-refractivity contribution in [2.24, 2.45) is 5.92 Å². The van der Waals surface area contributed by atoms with Crippen LogP contribution >= 0.6 is 0 Å². The van der Waals surface area contributed by atoms with Crippen LogP contribution in [0.15, 0.2) is 0 Å². The molecule has 4 nitrogen and oxygen atoms in total. The monoisotopic (exact) mass is 234 g/mol. The van der Waals surface area contributed by atoms with Gasteiger partial charge in [0.05, 0.1) is 11.5 Å². The van der Waals surface area contributed by atoms with Crippen LogP contribution in [0.4, 0.5) is 0 Å². The largest absolute Gasteiger partial charge is 0.316 e. The highest BCUT2D eigenvalue weighted by molar-refractivity contribution is 7.91. The van der Waals surface area contributed by atoms with Crippen LogP contribution in [0, 0.1) is 5.92 Å². The Morgan fingerprint density at radius 1 is 1.40 bits per heavy atom. The molecule has 0 amide bonds. The molecule has 0 saturated carbocycles. The second kappa shape index (κ2) is 5.82. The maximum absolute atomic E-state index is 11.7. The van der Waals surface area contributed by atoms with Gasteiger partial charge in [0, 0.05) is 6.54 Å². The maximum atomic E-state index is 11.7. The van der Waals surface area contributed by atoms with E-state index >= 15 is 0 Å². The first-order chi connectivity index (χ1) is 6.99. The first-order valence-electron chi connectivity index (χ1n) is 5.55. The van der Waals surface area contributed by atoms with Gasteiger partial charge in [0.25, 0.3) is 0 Å². The number of hydrogen-bond donors (Lipinski definition) is 1. The zero-order chi connectivity index (χ0) is 11.3. The van der Waals surface area contributed by atoms with Gasteiger partial charge in [-0.1, -0.05) is 0 Å². The van der Waals surface area contributed by atoms with E-state index in [0.29, 0.717) is 18.2 Å². The van der Waals surface area contributed by atoms with E-state index in [9.17, 15) is 8.42 Å². The molecule has 15 heavy (non-hydrogen) atoms. The van der Waals surface area contributed by atoms with E-state index in [1.54, 1.807) is 0 Å². The van der Waals surface area contributed by atoms with Crippen LogP contribution < -0.4 is 5.32 Å². The molecule has 1 heterocycles. The lowest BCUT2D eigenvalue weighted by Crippen LogP contribution is -2.35. The van der Waals surface area contributed by atoms with Crippen LogP contribution in [0.2, 0.25) is 0 Å². The van der Waals surface area contributed by atoms with Crippen LogP contribution in [-0.2, 0) is 9.84 Å². The van der Waals surface area contributed by atoms with E-state index in [-0.39, 0.29) is 5.75 Å². The van der Waals surface area contributed by atoms with E-state index in [1.807, 2.05) is 19.0 Å². The molecule has 0 unspecified atom stereocenters. The third-order valence-corrected chi connectivity index (χ3v) is 4.52. The molecule has 0 spiro atoms. The highest BCUT2D eigenvalue weighted by Gasteiger charge is 2.20. The van der Waals surface area contributed by atoms with Gasteiger partial charge >= 0.3 is 0 Å². The summed E-state index contributed by atoms with van der Waals surface area (Å²) in [5.41, 5.74) is 0. The van der Waals surface area contributed by atoms with Crippen LogP contribution in [0.5, 0.6) is 0 Å². The normalized spacial score (nSPS) is 23.3. The second-order valence-electron chi connectivity index (χ2n) is 4.63. The van der Waals surface area contributed by atoms with Crippen molar-refractivity contribution in [1.82, 2.24) is 10.2 Å². The molecule has 5 heteroatoms. The Hall–Kier alpha value is -0.130. The molecule has 0 aromatic heterocycles. The molecular weight excluding hydrogens is 212 g/mol. The fourth-order valence-electron chi connectivity index (χ4n) is 1.83. The quantitative estimate of drug-likeness (QED) is 0.725. The number of nitrogens with zero attached hydrogens (tertiary/aromatic N) is 1. The molecule has 0 bridgehead atoms. The van der Waals surface area contributed by atoms with Crippen LogP contribution in [0.25, 0.3) is 0 Å². The summed E-state index contributed by atoms with van der Waals surface area (Å²) in [5, 5.41) is 3.25. The molecule has 1 aliphatic heterocycles. The molecule has 1 fully saturated rings. The molecule has 1 aliphatic rings. The fourth-order valence-corrected chi connectivity index (χ4v) is 3.64. The van der Waals surface area contributed by atoms with Gasteiger partial charge in [-0.05, 0) is 45.9 Å². The first kappa shape index (κ1) is 12.9. The highest BCUT2D eigenvalue weighted by Crippen LogP contribution is 2.12. The van der Waals surface area contributed by atoms with E-state index in [0.717, 1.165) is 25.9 Å². The third-order valence-electron chi connectivity index (χ3n) is 2.74. The number of rotatable bonds is 5. The van der Waals surface area contributed by atoms with Crippen molar-refractivity contribution in [3.63, 3.8) is 0 Å². The zero-order valence-corrected chi connectivity index (χ0v) is 10.5. The van der Waals surface area contributed by atoms with Crippen molar-refractivity contribution in [3.8, 4) is 0 Å². The molecule has 0 aliphatic carbocycles. The standard InChI is InChI=1S/C10H22N2O2S/c1-12(2)6-7-15(13,14)9-10-4-3-5-11-8-10/h10-11H,3-9H2,1-2H3/t10-/m0/s1. The number of piperidine rings is 1. The summed E-state index contributed by atoms with van der Waals surface area (Å²) >= 11 is 0. The van der Waals surface area contributed by atoms with Crippen LogP contribution in [0.3, 0.4) is 0 Å². The van der Waals surface area contributed by atoms with Crippen molar-refractivity contribution >= 4 is 9.84 Å². The van der Waals surface area contributed by atoms with Crippen molar-refractivity contribution in [2.45, 2.75) is 12.8 Å². The molecular formula is C10H22N2O2S. The van der Waals surface area contributed by atoms with Crippen LogP contribution in [0.1, 0.15) is 12.8 Å². The van der Waals surface area contributed by atoms with Gasteiger partial charge in [0.1, 0.15) is 0 Å².